The summed E-state index contributed by atoms with van der Waals surface area (Å²) < 4.78 is 10.4. The van der Waals surface area contributed by atoms with E-state index in [0.29, 0.717) is 17.1 Å². The highest BCUT2D eigenvalue weighted by atomic mass is 16.5. The van der Waals surface area contributed by atoms with Crippen LogP contribution in [0.4, 0.5) is 4.79 Å². The number of hydrogen-bond acceptors (Lipinski definition) is 4. The van der Waals surface area contributed by atoms with Crippen molar-refractivity contribution in [2.75, 3.05) is 14.2 Å². The molecule has 0 aromatic heterocycles. The average molecular weight is 338 g/mol. The van der Waals surface area contributed by atoms with Gasteiger partial charge in [0.2, 0.25) is 0 Å². The number of carbonyl (C=O) groups excluding carboxylic acids is 2. The summed E-state index contributed by atoms with van der Waals surface area (Å²) in [5, 5.41) is 2.61. The molecule has 1 N–H and O–H groups in total. The molecule has 128 valence electrons. The second kappa shape index (κ2) is 7.09. The smallest absolute Gasteiger partial charge is 0.329 e. The molecule has 0 spiro atoms. The minimum Gasteiger partial charge on any atom is -0.497 e. The number of amides is 3. The Labute approximate surface area is 145 Å². The molecule has 1 heterocycles. The van der Waals surface area contributed by atoms with Gasteiger partial charge in [-0.1, -0.05) is 30.3 Å². The third-order valence-electron chi connectivity index (χ3n) is 3.83. The normalized spacial score (nSPS) is 15.4. The number of rotatable bonds is 5. The number of methoxy groups -OCH3 is 2. The highest BCUT2D eigenvalue weighted by molar-refractivity contribution is 6.13. The van der Waals surface area contributed by atoms with Crippen molar-refractivity contribution in [1.29, 1.82) is 0 Å². The Balaban J connectivity index is 1.85. The lowest BCUT2D eigenvalue weighted by Gasteiger charge is -2.11. The van der Waals surface area contributed by atoms with E-state index < -0.39 is 6.03 Å². The van der Waals surface area contributed by atoms with E-state index in [-0.39, 0.29) is 18.1 Å². The van der Waals surface area contributed by atoms with E-state index >= 15 is 0 Å². The fourth-order valence-electron chi connectivity index (χ4n) is 2.56. The van der Waals surface area contributed by atoms with Crippen molar-refractivity contribution in [3.8, 4) is 11.5 Å². The van der Waals surface area contributed by atoms with Gasteiger partial charge in [-0.25, -0.2) is 4.79 Å². The lowest BCUT2D eigenvalue weighted by molar-refractivity contribution is -0.123. The predicted molar refractivity (Wildman–Crippen MR) is 93.0 cm³/mol. The van der Waals surface area contributed by atoms with Crippen LogP contribution in [0.2, 0.25) is 0 Å². The van der Waals surface area contributed by atoms with E-state index in [0.717, 1.165) is 5.56 Å². The first-order valence-corrected chi connectivity index (χ1v) is 7.72. The highest BCUT2D eigenvalue weighted by Gasteiger charge is 2.33. The lowest BCUT2D eigenvalue weighted by atomic mass is 10.1. The van der Waals surface area contributed by atoms with Gasteiger partial charge in [0.25, 0.3) is 5.91 Å². The van der Waals surface area contributed by atoms with Crippen LogP contribution in [0.3, 0.4) is 0 Å². The van der Waals surface area contributed by atoms with Crippen LogP contribution < -0.4 is 14.8 Å². The van der Waals surface area contributed by atoms with E-state index in [4.69, 9.17) is 9.47 Å². The molecule has 1 aliphatic rings. The topological polar surface area (TPSA) is 67.9 Å². The predicted octanol–water partition coefficient (Wildman–Crippen LogP) is 2.80. The van der Waals surface area contributed by atoms with E-state index in [9.17, 15) is 9.59 Å². The molecule has 3 amide bonds. The molecule has 3 rings (SSSR count). The first-order valence-electron chi connectivity index (χ1n) is 7.72. The average Bonchev–Trinajstić information content (AvgIpc) is 2.89. The molecule has 6 heteroatoms. The Kier molecular flexibility index (Phi) is 4.70. The standard InChI is InChI=1S/C19H18N2O4/c1-24-15-8-14(9-16(11-15)25-2)10-17-18(22)21(19(23)20-17)12-13-6-4-3-5-7-13/h3-11H,12H2,1-2H3,(H,20,23)/b17-10+. The molecule has 0 unspecified atom stereocenters. The molecule has 1 aliphatic heterocycles. The molecule has 25 heavy (non-hydrogen) atoms. The number of carbonyl (C=O) groups is 2. The molecule has 0 saturated carbocycles. The van der Waals surface area contributed by atoms with E-state index in [1.807, 2.05) is 30.3 Å². The van der Waals surface area contributed by atoms with Crippen molar-refractivity contribution in [3.05, 3.63) is 65.4 Å². The molecule has 0 radical (unpaired) electrons. The van der Waals surface area contributed by atoms with Crippen LogP contribution in [0.15, 0.2) is 54.2 Å². The lowest BCUT2D eigenvalue weighted by Crippen LogP contribution is -2.30. The number of nitrogens with one attached hydrogen (secondary N) is 1. The van der Waals surface area contributed by atoms with Crippen LogP contribution in [0, 0.1) is 0 Å². The summed E-state index contributed by atoms with van der Waals surface area (Å²) in [5.41, 5.74) is 1.80. The fraction of sp³-hybridized carbons (Fsp3) is 0.158. The van der Waals surface area contributed by atoms with Gasteiger partial charge in [-0.2, -0.15) is 0 Å². The second-order valence-corrected chi connectivity index (χ2v) is 5.51. The van der Waals surface area contributed by atoms with Crippen molar-refractivity contribution in [1.82, 2.24) is 10.2 Å². The van der Waals surface area contributed by atoms with Crippen LogP contribution >= 0.6 is 0 Å². The van der Waals surface area contributed by atoms with Gasteiger partial charge in [0.1, 0.15) is 17.2 Å². The number of benzene rings is 2. The van der Waals surface area contributed by atoms with Gasteiger partial charge in [0.05, 0.1) is 20.8 Å². The Morgan fingerprint density at radius 2 is 1.64 bits per heavy atom. The summed E-state index contributed by atoms with van der Waals surface area (Å²) in [5.74, 6) is 0.837. The van der Waals surface area contributed by atoms with Crippen molar-refractivity contribution in [3.63, 3.8) is 0 Å². The summed E-state index contributed by atoms with van der Waals surface area (Å²) in [4.78, 5) is 25.9. The second-order valence-electron chi connectivity index (χ2n) is 5.51. The molecule has 1 fully saturated rings. The zero-order chi connectivity index (χ0) is 17.8. The molecule has 2 aromatic rings. The molecular weight excluding hydrogens is 320 g/mol. The Hall–Kier alpha value is -3.28. The van der Waals surface area contributed by atoms with Gasteiger partial charge in [0, 0.05) is 6.07 Å². The van der Waals surface area contributed by atoms with Crippen molar-refractivity contribution in [2.24, 2.45) is 0 Å². The van der Waals surface area contributed by atoms with E-state index in [2.05, 4.69) is 5.32 Å². The molecule has 0 aliphatic carbocycles. The minimum absolute atomic E-state index is 0.219. The molecule has 0 atom stereocenters. The van der Waals surface area contributed by atoms with Crippen LogP contribution in [-0.2, 0) is 11.3 Å². The molecule has 1 saturated heterocycles. The summed E-state index contributed by atoms with van der Waals surface area (Å²) in [6.45, 7) is 0.226. The Bertz CT molecular complexity index is 808. The van der Waals surface area contributed by atoms with Gasteiger partial charge in [-0.05, 0) is 29.3 Å². The number of nitrogens with zero attached hydrogens (tertiary/aromatic N) is 1. The molecule has 0 bridgehead atoms. The van der Waals surface area contributed by atoms with Gasteiger partial charge in [-0.3, -0.25) is 9.69 Å². The summed E-state index contributed by atoms with van der Waals surface area (Å²) >= 11 is 0. The van der Waals surface area contributed by atoms with Crippen LogP contribution in [-0.4, -0.2) is 31.1 Å². The van der Waals surface area contributed by atoms with Crippen molar-refractivity contribution >= 4 is 18.0 Å². The first kappa shape index (κ1) is 16.6. The first-order chi connectivity index (χ1) is 12.1. The molecule has 6 nitrogen and oxygen atoms in total. The zero-order valence-corrected chi connectivity index (χ0v) is 14.0. The SMILES string of the molecule is COc1cc(/C=C2/NC(=O)N(Cc3ccccc3)C2=O)cc(OC)c1. The number of imide groups is 1. The number of ether oxygens (including phenoxy) is 2. The molecule has 2 aromatic carbocycles. The number of urea groups is 1. The maximum atomic E-state index is 12.5. The van der Waals surface area contributed by atoms with Gasteiger partial charge in [-0.15, -0.1) is 0 Å². The third-order valence-corrected chi connectivity index (χ3v) is 3.83. The van der Waals surface area contributed by atoms with Crippen molar-refractivity contribution in [2.45, 2.75) is 6.54 Å². The van der Waals surface area contributed by atoms with Gasteiger partial charge < -0.3 is 14.8 Å². The summed E-state index contributed by atoms with van der Waals surface area (Å²) in [6, 6.07) is 14.2. The van der Waals surface area contributed by atoms with Crippen molar-refractivity contribution < 1.29 is 19.1 Å². The maximum Gasteiger partial charge on any atom is 0.329 e. The zero-order valence-electron chi connectivity index (χ0n) is 14.0. The Morgan fingerprint density at radius 1 is 1.00 bits per heavy atom. The largest absolute Gasteiger partial charge is 0.497 e. The van der Waals surface area contributed by atoms with E-state index in [1.165, 1.54) is 4.90 Å². The maximum absolute atomic E-state index is 12.5. The monoisotopic (exact) mass is 338 g/mol. The molecular formula is C19H18N2O4. The fourth-order valence-corrected chi connectivity index (χ4v) is 2.56. The summed E-state index contributed by atoms with van der Waals surface area (Å²) in [6.07, 6.45) is 1.61. The summed E-state index contributed by atoms with van der Waals surface area (Å²) in [7, 11) is 3.10. The van der Waals surface area contributed by atoms with Gasteiger partial charge >= 0.3 is 6.03 Å². The number of hydrogen-bond donors (Lipinski definition) is 1. The van der Waals surface area contributed by atoms with Crippen LogP contribution in [0.1, 0.15) is 11.1 Å². The minimum atomic E-state index is -0.435. The highest BCUT2D eigenvalue weighted by Crippen LogP contribution is 2.25. The van der Waals surface area contributed by atoms with Gasteiger partial charge in [0.15, 0.2) is 0 Å². The van der Waals surface area contributed by atoms with E-state index in [1.54, 1.807) is 38.5 Å². The quantitative estimate of drug-likeness (QED) is 0.672. The van der Waals surface area contributed by atoms with Crippen LogP contribution in [0.25, 0.3) is 6.08 Å². The van der Waals surface area contributed by atoms with Crippen LogP contribution in [0.5, 0.6) is 11.5 Å². The Morgan fingerprint density at radius 3 is 2.24 bits per heavy atom. The third kappa shape index (κ3) is 3.63.